The van der Waals surface area contributed by atoms with Gasteiger partial charge in [0, 0.05) is 16.5 Å². The summed E-state index contributed by atoms with van der Waals surface area (Å²) in [5, 5.41) is 11.1. The Bertz CT molecular complexity index is 585. The summed E-state index contributed by atoms with van der Waals surface area (Å²) in [4.78, 5) is 0. The van der Waals surface area contributed by atoms with Gasteiger partial charge in [0.1, 0.15) is 5.82 Å². The van der Waals surface area contributed by atoms with E-state index in [9.17, 15) is 9.50 Å². The van der Waals surface area contributed by atoms with Crippen molar-refractivity contribution in [1.82, 2.24) is 0 Å². The highest BCUT2D eigenvalue weighted by Crippen LogP contribution is 2.39. The fourth-order valence-electron chi connectivity index (χ4n) is 2.69. The molecule has 0 aromatic heterocycles. The van der Waals surface area contributed by atoms with Gasteiger partial charge in [0.05, 0.1) is 6.10 Å². The third-order valence-corrected chi connectivity index (χ3v) is 4.30. The first-order valence-electron chi connectivity index (χ1n) is 7.22. The fourth-order valence-corrected chi connectivity index (χ4v) is 2.84. The molecule has 1 N–H and O–H groups in total. The average molecular weight is 307 g/mol. The van der Waals surface area contributed by atoms with E-state index < -0.39 is 11.9 Å². The zero-order valence-electron chi connectivity index (χ0n) is 12.3. The number of halogens is 2. The third-order valence-electron chi connectivity index (χ3n) is 4.06. The van der Waals surface area contributed by atoms with E-state index in [1.54, 1.807) is 12.1 Å². The maximum absolute atomic E-state index is 14.1. The van der Waals surface area contributed by atoms with Crippen molar-refractivity contribution in [1.29, 1.82) is 0 Å². The molecule has 3 atom stereocenters. The van der Waals surface area contributed by atoms with Gasteiger partial charge < -0.3 is 5.11 Å². The number of aliphatic hydroxyl groups is 1. The normalized spacial score (nSPS) is 15.5. The molecule has 0 aliphatic rings. The maximum Gasteiger partial charge on any atom is 0.130 e. The molecule has 21 heavy (non-hydrogen) atoms. The predicted molar refractivity (Wildman–Crippen MR) is 85.0 cm³/mol. The molecule has 2 aromatic carbocycles. The lowest BCUT2D eigenvalue weighted by atomic mass is 9.79. The molecule has 3 unspecified atom stereocenters. The molecule has 0 spiro atoms. The smallest absolute Gasteiger partial charge is 0.130 e. The quantitative estimate of drug-likeness (QED) is 0.790. The summed E-state index contributed by atoms with van der Waals surface area (Å²) in [5.74, 6) is -0.372. The monoisotopic (exact) mass is 306 g/mol. The van der Waals surface area contributed by atoms with Crippen LogP contribution >= 0.6 is 11.6 Å². The largest absolute Gasteiger partial charge is 0.388 e. The highest BCUT2D eigenvalue weighted by Gasteiger charge is 2.29. The van der Waals surface area contributed by atoms with E-state index in [1.807, 2.05) is 30.3 Å². The molecule has 0 aliphatic carbocycles. The van der Waals surface area contributed by atoms with E-state index in [0.29, 0.717) is 10.6 Å². The third kappa shape index (κ3) is 3.63. The van der Waals surface area contributed by atoms with Gasteiger partial charge in [-0.3, -0.25) is 0 Å². The van der Waals surface area contributed by atoms with Crippen molar-refractivity contribution in [3.05, 3.63) is 70.5 Å². The number of hydrogen-bond acceptors (Lipinski definition) is 1. The van der Waals surface area contributed by atoms with E-state index in [-0.39, 0.29) is 11.8 Å². The van der Waals surface area contributed by atoms with Crippen molar-refractivity contribution in [2.75, 3.05) is 0 Å². The van der Waals surface area contributed by atoms with Gasteiger partial charge in [-0.05, 0) is 23.6 Å². The number of benzene rings is 2. The van der Waals surface area contributed by atoms with Crippen molar-refractivity contribution in [3.63, 3.8) is 0 Å². The van der Waals surface area contributed by atoms with Gasteiger partial charge in [-0.1, -0.05) is 68.3 Å². The Hall–Kier alpha value is -1.38. The summed E-state index contributed by atoms with van der Waals surface area (Å²) >= 11 is 5.79. The van der Waals surface area contributed by atoms with E-state index in [4.69, 9.17) is 11.6 Å². The van der Waals surface area contributed by atoms with E-state index in [0.717, 1.165) is 12.0 Å². The molecular weight excluding hydrogens is 287 g/mol. The van der Waals surface area contributed by atoms with Crippen LogP contribution in [-0.2, 0) is 0 Å². The van der Waals surface area contributed by atoms with Gasteiger partial charge in [-0.2, -0.15) is 0 Å². The van der Waals surface area contributed by atoms with Crippen LogP contribution in [0.1, 0.15) is 43.4 Å². The molecule has 112 valence electrons. The second-order valence-corrected chi connectivity index (χ2v) is 5.87. The molecule has 0 amide bonds. The predicted octanol–water partition coefficient (Wildman–Crippen LogP) is 5.34. The van der Waals surface area contributed by atoms with E-state index in [2.05, 4.69) is 13.8 Å². The molecule has 2 rings (SSSR count). The second-order valence-electron chi connectivity index (χ2n) is 5.43. The molecule has 0 bridgehead atoms. The number of rotatable bonds is 5. The Balaban J connectivity index is 2.41. The lowest BCUT2D eigenvalue weighted by molar-refractivity contribution is 0.114. The van der Waals surface area contributed by atoms with E-state index >= 15 is 0 Å². The van der Waals surface area contributed by atoms with Crippen LogP contribution in [0.2, 0.25) is 5.02 Å². The van der Waals surface area contributed by atoms with Crippen LogP contribution in [0.25, 0.3) is 0 Å². The zero-order chi connectivity index (χ0) is 15.4. The Labute approximate surface area is 130 Å². The van der Waals surface area contributed by atoms with E-state index in [1.165, 1.54) is 6.07 Å². The zero-order valence-corrected chi connectivity index (χ0v) is 13.0. The second kappa shape index (κ2) is 7.06. The summed E-state index contributed by atoms with van der Waals surface area (Å²) in [6.07, 6.45) is 0.0193. The van der Waals surface area contributed by atoms with Crippen LogP contribution < -0.4 is 0 Å². The molecule has 2 aromatic rings. The minimum atomic E-state index is -0.889. The molecule has 0 fully saturated rings. The number of hydrogen-bond donors (Lipinski definition) is 1. The van der Waals surface area contributed by atoms with Crippen LogP contribution in [0.15, 0.2) is 48.5 Å². The molecule has 0 saturated heterocycles. The van der Waals surface area contributed by atoms with Crippen LogP contribution in [0.5, 0.6) is 0 Å². The van der Waals surface area contributed by atoms with Gasteiger partial charge in [0.15, 0.2) is 0 Å². The minimum absolute atomic E-state index is 0.146. The molecule has 0 heterocycles. The van der Waals surface area contributed by atoms with Crippen molar-refractivity contribution in [2.24, 2.45) is 5.92 Å². The van der Waals surface area contributed by atoms with Crippen LogP contribution in [0.3, 0.4) is 0 Å². The Morgan fingerprint density at radius 2 is 1.81 bits per heavy atom. The Kier molecular flexibility index (Phi) is 5.38. The lowest BCUT2D eigenvalue weighted by Crippen LogP contribution is -2.19. The highest BCUT2D eigenvalue weighted by atomic mass is 35.5. The lowest BCUT2D eigenvalue weighted by Gasteiger charge is -2.29. The number of aliphatic hydroxyl groups excluding tert-OH is 1. The summed E-state index contributed by atoms with van der Waals surface area (Å²) in [6, 6.07) is 14.2. The standard InChI is InChI=1S/C18H20ClFO/c1-3-12(2)17(13-7-5-4-6-8-13)18(21)15-10-9-14(19)11-16(15)20/h4-12,17-18,21H,3H2,1-2H3. The molecule has 1 nitrogen and oxygen atoms in total. The summed E-state index contributed by atoms with van der Waals surface area (Å²) in [6.45, 7) is 4.15. The van der Waals surface area contributed by atoms with Crippen molar-refractivity contribution in [2.45, 2.75) is 32.3 Å². The van der Waals surface area contributed by atoms with Crippen molar-refractivity contribution in [3.8, 4) is 0 Å². The van der Waals surface area contributed by atoms with Gasteiger partial charge in [-0.25, -0.2) is 4.39 Å². The van der Waals surface area contributed by atoms with Crippen molar-refractivity contribution >= 4 is 11.6 Å². The molecule has 3 heteroatoms. The minimum Gasteiger partial charge on any atom is -0.388 e. The van der Waals surface area contributed by atoms with Gasteiger partial charge >= 0.3 is 0 Å². The molecule has 0 aliphatic heterocycles. The molecule has 0 saturated carbocycles. The van der Waals surface area contributed by atoms with Gasteiger partial charge in [-0.15, -0.1) is 0 Å². The molecular formula is C18H20ClFO. The summed E-state index contributed by atoms with van der Waals surface area (Å²) < 4.78 is 14.1. The summed E-state index contributed by atoms with van der Waals surface area (Å²) in [5.41, 5.74) is 1.32. The maximum atomic E-state index is 14.1. The van der Waals surface area contributed by atoms with Crippen LogP contribution in [0.4, 0.5) is 4.39 Å². The van der Waals surface area contributed by atoms with Gasteiger partial charge in [0.25, 0.3) is 0 Å². The van der Waals surface area contributed by atoms with Crippen molar-refractivity contribution < 1.29 is 9.50 Å². The Morgan fingerprint density at radius 3 is 2.38 bits per heavy atom. The molecule has 0 radical (unpaired) electrons. The fraction of sp³-hybridized carbons (Fsp3) is 0.333. The Morgan fingerprint density at radius 1 is 1.14 bits per heavy atom. The van der Waals surface area contributed by atoms with Crippen LogP contribution in [-0.4, -0.2) is 5.11 Å². The first-order chi connectivity index (χ1) is 10.0. The summed E-state index contributed by atoms with van der Waals surface area (Å²) in [7, 11) is 0. The van der Waals surface area contributed by atoms with Crippen LogP contribution in [0, 0.1) is 11.7 Å². The average Bonchev–Trinajstić information content (AvgIpc) is 2.48. The highest BCUT2D eigenvalue weighted by molar-refractivity contribution is 6.30. The SMILES string of the molecule is CCC(C)C(c1ccccc1)C(O)c1ccc(Cl)cc1F. The van der Waals surface area contributed by atoms with Gasteiger partial charge in [0.2, 0.25) is 0 Å². The first-order valence-corrected chi connectivity index (χ1v) is 7.60. The topological polar surface area (TPSA) is 20.2 Å². The first kappa shape index (κ1) is 16.0.